The molecule has 0 aromatic rings. The van der Waals surface area contributed by atoms with Crippen molar-refractivity contribution in [3.05, 3.63) is 0 Å². The van der Waals surface area contributed by atoms with Crippen LogP contribution in [-0.4, -0.2) is 105 Å². The van der Waals surface area contributed by atoms with Crippen LogP contribution in [0.3, 0.4) is 0 Å². The zero-order valence-corrected chi connectivity index (χ0v) is 101. The van der Waals surface area contributed by atoms with Gasteiger partial charge in [0.1, 0.15) is 0 Å². The van der Waals surface area contributed by atoms with Crippen LogP contribution >= 0.6 is 0 Å². The molecular formula is C126H245AlMg2O14. The SMILES string of the molecule is CCCCCCCCCCCCCCCCCC(=O)[O-].CCCCCCCCCCCCCCCCCC(=O)[O-].CCCCCCCCCCCCCCCCCC(=O)[O-].CCCCCCCCCCCCCCCCCC(=O)[O-].CCCCCCCCCCCCCCCCCC(=O)[O-].CCCCCCCCCCCCCCCCCC(=O)[O-].CCCCCCCCCCCCCCCCCC(=O)[O-].[Al+3].[Mg+2].[Mg+2]. The van der Waals surface area contributed by atoms with E-state index in [-0.39, 0.29) is 108 Å². The third kappa shape index (κ3) is 195. The van der Waals surface area contributed by atoms with Crippen LogP contribution < -0.4 is 35.7 Å². The summed E-state index contributed by atoms with van der Waals surface area (Å²) in [5, 5.41) is 71.6. The van der Waals surface area contributed by atoms with Crippen LogP contribution in [-0.2, 0) is 33.6 Å². The summed E-state index contributed by atoms with van der Waals surface area (Å²) in [6.45, 7) is 15.9. The van der Waals surface area contributed by atoms with Gasteiger partial charge in [0.05, 0.1) is 0 Å². The fraction of sp³-hybridized carbons (Fsp3) is 0.944. The molecule has 0 aromatic heterocycles. The van der Waals surface area contributed by atoms with Crippen LogP contribution in [0, 0.1) is 0 Å². The van der Waals surface area contributed by atoms with E-state index in [1.165, 1.54) is 584 Å². The molecule has 0 aliphatic carbocycles. The Morgan fingerprint density at radius 3 is 0.182 bits per heavy atom. The maximum Gasteiger partial charge on any atom is 3.00 e. The molecule has 14 nitrogen and oxygen atoms in total. The van der Waals surface area contributed by atoms with Gasteiger partial charge in [-0.1, -0.05) is 678 Å². The molecule has 0 amide bonds. The maximum absolute atomic E-state index is 10.2. The van der Waals surface area contributed by atoms with Crippen LogP contribution in [0.1, 0.15) is 768 Å². The van der Waals surface area contributed by atoms with E-state index in [2.05, 4.69) is 48.5 Å². The monoisotopic (exact) mass is 2060 g/mol. The van der Waals surface area contributed by atoms with E-state index in [9.17, 15) is 69.3 Å². The zero-order valence-electron chi connectivity index (χ0n) is 97.4. The first kappa shape index (κ1) is 161. The summed E-state index contributed by atoms with van der Waals surface area (Å²) >= 11 is 0. The Kier molecular flexibility index (Phi) is 178. The standard InChI is InChI=1S/7C18H36O2.Al.2Mg/c7*1-2-3-4-5-6-7-8-9-10-11-12-13-14-15-16-17-18(19)20;;;/h7*2-17H2,1H3,(H,19,20);;;/q;;;;;;;+3;2*+2/p-7. The Balaban J connectivity index is -0.000000180. The molecule has 0 aromatic carbocycles. The second kappa shape index (κ2) is 158. The van der Waals surface area contributed by atoms with Crippen molar-refractivity contribution < 1.29 is 69.3 Å². The molecule has 0 saturated carbocycles. The number of carbonyl (C=O) groups excluding carboxylic acids is 7. The molecular weight excluding hydrogens is 1810 g/mol. The Morgan fingerprint density at radius 1 is 0.0979 bits per heavy atom. The number of carboxylic acid groups (broad SMARTS) is 7. The quantitative estimate of drug-likeness (QED) is 0.0404. The van der Waals surface area contributed by atoms with Gasteiger partial charge >= 0.3 is 63.5 Å². The Hall–Kier alpha value is -1.65. The van der Waals surface area contributed by atoms with E-state index < -0.39 is 41.8 Å². The van der Waals surface area contributed by atoms with Gasteiger partial charge in [-0.3, -0.25) is 0 Å². The molecule has 0 atom stereocenters. The number of unbranched alkanes of at least 4 members (excludes halogenated alkanes) is 98. The molecule has 0 unspecified atom stereocenters. The third-order valence-corrected chi connectivity index (χ3v) is 27.9. The molecule has 0 N–H and O–H groups in total. The summed E-state index contributed by atoms with van der Waals surface area (Å²) in [7, 11) is 0. The van der Waals surface area contributed by atoms with Crippen molar-refractivity contribution in [2.75, 3.05) is 0 Å². The van der Waals surface area contributed by atoms with Crippen LogP contribution in [0.25, 0.3) is 0 Å². The van der Waals surface area contributed by atoms with E-state index in [4.69, 9.17) is 0 Å². The Morgan fingerprint density at radius 2 is 0.140 bits per heavy atom. The van der Waals surface area contributed by atoms with E-state index in [0.717, 1.165) is 89.9 Å². The Labute approximate surface area is 934 Å². The van der Waals surface area contributed by atoms with E-state index in [1.807, 2.05) is 0 Å². The second-order valence-corrected chi connectivity index (χ2v) is 42.5. The first-order valence-corrected chi connectivity index (χ1v) is 62.8. The minimum Gasteiger partial charge on any atom is -0.550 e. The van der Waals surface area contributed by atoms with Crippen molar-refractivity contribution in [3.63, 3.8) is 0 Å². The van der Waals surface area contributed by atoms with Gasteiger partial charge in [0.15, 0.2) is 0 Å². The van der Waals surface area contributed by atoms with Gasteiger partial charge in [-0.25, -0.2) is 0 Å². The number of hydrogen-bond donors (Lipinski definition) is 0. The number of carbonyl (C=O) groups is 7. The molecule has 0 rings (SSSR count). The molecule has 0 bridgehead atoms. The number of carboxylic acids is 7. The van der Waals surface area contributed by atoms with Gasteiger partial charge in [-0.05, 0) is 89.9 Å². The first-order valence-electron chi connectivity index (χ1n) is 62.8. The number of aliphatic carboxylic acids is 7. The average Bonchev–Trinajstić information content (AvgIpc) is 1.11. The van der Waals surface area contributed by atoms with Crippen molar-refractivity contribution in [1.82, 2.24) is 0 Å². The molecule has 0 saturated heterocycles. The fourth-order valence-electron chi connectivity index (χ4n) is 18.5. The van der Waals surface area contributed by atoms with Gasteiger partial charge in [0, 0.05) is 41.8 Å². The molecule has 143 heavy (non-hydrogen) atoms. The van der Waals surface area contributed by atoms with Gasteiger partial charge in [0.25, 0.3) is 0 Å². The fourth-order valence-corrected chi connectivity index (χ4v) is 18.5. The summed E-state index contributed by atoms with van der Waals surface area (Å²) in [6, 6.07) is 0. The molecule has 0 aliphatic heterocycles. The van der Waals surface area contributed by atoms with Gasteiger partial charge < -0.3 is 69.3 Å². The predicted molar refractivity (Wildman–Crippen MR) is 609 cm³/mol. The molecule has 0 heterocycles. The van der Waals surface area contributed by atoms with E-state index in [1.54, 1.807) is 0 Å². The molecule has 0 spiro atoms. The zero-order chi connectivity index (χ0) is 104. The normalized spacial score (nSPS) is 10.6. The molecule has 0 radical (unpaired) electrons. The third-order valence-electron chi connectivity index (χ3n) is 27.9. The summed E-state index contributed by atoms with van der Waals surface area (Å²) in [5.74, 6) is -6.32. The minimum atomic E-state index is -0.903. The van der Waals surface area contributed by atoms with Crippen LogP contribution in [0.5, 0.6) is 0 Å². The Bertz CT molecular complexity index is 1870. The molecule has 17 heteroatoms. The first-order chi connectivity index (χ1) is 68.4. The topological polar surface area (TPSA) is 281 Å². The summed E-state index contributed by atoms with van der Waals surface area (Å²) in [4.78, 5) is 71.6. The van der Waals surface area contributed by atoms with Crippen LogP contribution in [0.2, 0.25) is 0 Å². The molecule has 0 aliphatic rings. The summed E-state index contributed by atoms with van der Waals surface area (Å²) < 4.78 is 0. The van der Waals surface area contributed by atoms with Crippen molar-refractivity contribution >= 4 is 105 Å². The number of rotatable bonds is 112. The van der Waals surface area contributed by atoms with Gasteiger partial charge in [0.2, 0.25) is 0 Å². The van der Waals surface area contributed by atoms with E-state index >= 15 is 0 Å². The van der Waals surface area contributed by atoms with Crippen LogP contribution in [0.15, 0.2) is 0 Å². The molecule has 840 valence electrons. The van der Waals surface area contributed by atoms with Crippen molar-refractivity contribution in [2.45, 2.75) is 768 Å². The van der Waals surface area contributed by atoms with Crippen molar-refractivity contribution in [3.8, 4) is 0 Å². The van der Waals surface area contributed by atoms with Crippen molar-refractivity contribution in [2.24, 2.45) is 0 Å². The predicted octanol–water partition coefficient (Wildman–Crippen LogP) is 33.8. The largest absolute Gasteiger partial charge is 3.00 e. The van der Waals surface area contributed by atoms with E-state index in [0.29, 0.717) is 0 Å². The maximum atomic E-state index is 10.2. The van der Waals surface area contributed by atoms with Gasteiger partial charge in [-0.15, -0.1) is 0 Å². The summed E-state index contributed by atoms with van der Waals surface area (Å²) in [5.41, 5.74) is 0. The van der Waals surface area contributed by atoms with Crippen molar-refractivity contribution in [1.29, 1.82) is 0 Å². The number of hydrogen-bond acceptors (Lipinski definition) is 14. The summed E-state index contributed by atoms with van der Waals surface area (Å²) in [6.07, 6.45) is 139. The molecule has 0 fully saturated rings. The van der Waals surface area contributed by atoms with Gasteiger partial charge in [-0.2, -0.15) is 0 Å². The smallest absolute Gasteiger partial charge is 0.550 e. The van der Waals surface area contributed by atoms with Crippen LogP contribution in [0.4, 0.5) is 0 Å². The average molecular weight is 2060 g/mol. The minimum absolute atomic E-state index is 0. The second-order valence-electron chi connectivity index (χ2n) is 42.5.